The van der Waals surface area contributed by atoms with E-state index < -0.39 is 0 Å². The van der Waals surface area contributed by atoms with Crippen LogP contribution in [0.2, 0.25) is 0 Å². The molecule has 1 heterocycles. The van der Waals surface area contributed by atoms with Gasteiger partial charge in [0.25, 0.3) is 0 Å². The second-order valence-corrected chi connectivity index (χ2v) is 3.01. The lowest BCUT2D eigenvalue weighted by Gasteiger charge is -2.15. The molecule has 2 heteroatoms. The Balaban J connectivity index is 1.83. The molecule has 14 heavy (non-hydrogen) atoms. The van der Waals surface area contributed by atoms with E-state index in [9.17, 15) is 0 Å². The van der Waals surface area contributed by atoms with Crippen molar-refractivity contribution >= 4 is 0 Å². The van der Waals surface area contributed by atoms with Gasteiger partial charge in [-0.25, -0.2) is 0 Å². The van der Waals surface area contributed by atoms with Crippen molar-refractivity contribution in [1.82, 2.24) is 0 Å². The van der Waals surface area contributed by atoms with Gasteiger partial charge in [-0.05, 0) is 17.7 Å². The average molecular weight is 188 g/mol. The highest BCUT2D eigenvalue weighted by atomic mass is 16.7. The number of hydrogen-bond acceptors (Lipinski definition) is 2. The van der Waals surface area contributed by atoms with E-state index in [4.69, 9.17) is 9.47 Å². The first-order chi connectivity index (χ1) is 6.95. The van der Waals surface area contributed by atoms with E-state index >= 15 is 0 Å². The van der Waals surface area contributed by atoms with Crippen LogP contribution >= 0.6 is 0 Å². The van der Waals surface area contributed by atoms with Crippen molar-refractivity contribution in [2.24, 2.45) is 0 Å². The van der Waals surface area contributed by atoms with E-state index in [-0.39, 0.29) is 6.29 Å². The van der Waals surface area contributed by atoms with Crippen LogP contribution < -0.4 is 0 Å². The summed E-state index contributed by atoms with van der Waals surface area (Å²) in [6.07, 6.45) is 7.01. The maximum atomic E-state index is 5.51. The fourth-order valence-corrected chi connectivity index (χ4v) is 1.22. The van der Waals surface area contributed by atoms with Crippen LogP contribution in [0.1, 0.15) is 5.56 Å². The van der Waals surface area contributed by atoms with Gasteiger partial charge in [0.1, 0.15) is 0 Å². The van der Waals surface area contributed by atoms with E-state index in [1.807, 2.05) is 48.6 Å². The number of hydrogen-bond donors (Lipinski definition) is 0. The Labute approximate surface area is 83.5 Å². The van der Waals surface area contributed by atoms with Crippen LogP contribution in [-0.4, -0.2) is 6.29 Å². The zero-order chi connectivity index (χ0) is 9.64. The number of allylic oxidation sites excluding steroid dienone is 2. The highest BCUT2D eigenvalue weighted by molar-refractivity contribution is 5.13. The molecular weight excluding hydrogens is 176 g/mol. The highest BCUT2D eigenvalue weighted by Gasteiger charge is 2.05. The molecule has 1 aliphatic rings. The van der Waals surface area contributed by atoms with Crippen LogP contribution in [0.15, 0.2) is 54.8 Å². The van der Waals surface area contributed by atoms with E-state index in [1.165, 1.54) is 0 Å². The molecule has 0 fully saturated rings. The first kappa shape index (κ1) is 9.03. The lowest BCUT2D eigenvalue weighted by atomic mass is 10.2. The summed E-state index contributed by atoms with van der Waals surface area (Å²) in [5.41, 5.74) is 1.15. The summed E-state index contributed by atoms with van der Waals surface area (Å²) in [4.78, 5) is 0. The Morgan fingerprint density at radius 2 is 2.00 bits per heavy atom. The number of rotatable bonds is 3. The van der Waals surface area contributed by atoms with Crippen LogP contribution in [0.5, 0.6) is 0 Å². The Morgan fingerprint density at radius 3 is 2.71 bits per heavy atom. The standard InChI is InChI=1S/C12H12O2/c1-2-6-11(7-3-1)10-14-12-8-4-5-9-13-12/h1-9,12H,10H2/t12-/m0/s1. The van der Waals surface area contributed by atoms with E-state index in [0.717, 1.165) is 5.56 Å². The van der Waals surface area contributed by atoms with Gasteiger partial charge in [-0.2, -0.15) is 0 Å². The van der Waals surface area contributed by atoms with Gasteiger partial charge in [0.2, 0.25) is 6.29 Å². The topological polar surface area (TPSA) is 18.5 Å². The SMILES string of the molecule is C1=CO[C@@H](OCc2ccccc2)C=C1. The number of benzene rings is 1. The van der Waals surface area contributed by atoms with Gasteiger partial charge in [-0.3, -0.25) is 0 Å². The maximum Gasteiger partial charge on any atom is 0.219 e. The summed E-state index contributed by atoms with van der Waals surface area (Å²) in [5.74, 6) is 0. The van der Waals surface area contributed by atoms with Crippen LogP contribution in [-0.2, 0) is 16.1 Å². The summed E-state index contributed by atoms with van der Waals surface area (Å²) < 4.78 is 10.7. The van der Waals surface area contributed by atoms with E-state index in [1.54, 1.807) is 6.26 Å². The summed E-state index contributed by atoms with van der Waals surface area (Å²) in [5, 5.41) is 0. The summed E-state index contributed by atoms with van der Waals surface area (Å²) in [6.45, 7) is 0.573. The Kier molecular flexibility index (Phi) is 2.99. The molecule has 0 aromatic heterocycles. The first-order valence-corrected chi connectivity index (χ1v) is 4.59. The van der Waals surface area contributed by atoms with Crippen molar-refractivity contribution in [2.45, 2.75) is 12.9 Å². The zero-order valence-corrected chi connectivity index (χ0v) is 7.80. The smallest absolute Gasteiger partial charge is 0.219 e. The van der Waals surface area contributed by atoms with Gasteiger partial charge < -0.3 is 9.47 Å². The molecule has 1 atom stereocenters. The summed E-state index contributed by atoms with van der Waals surface area (Å²) in [6, 6.07) is 10.0. The van der Waals surface area contributed by atoms with Crippen molar-refractivity contribution in [3.05, 3.63) is 60.4 Å². The molecule has 1 aromatic carbocycles. The minimum Gasteiger partial charge on any atom is -0.469 e. The third-order valence-corrected chi connectivity index (χ3v) is 1.93. The number of ether oxygens (including phenoxy) is 2. The third-order valence-electron chi connectivity index (χ3n) is 1.93. The Morgan fingerprint density at radius 1 is 1.14 bits per heavy atom. The Bertz CT molecular complexity index is 327. The van der Waals surface area contributed by atoms with Crippen molar-refractivity contribution < 1.29 is 9.47 Å². The molecule has 2 rings (SSSR count). The van der Waals surface area contributed by atoms with Gasteiger partial charge in [0.05, 0.1) is 12.9 Å². The molecular formula is C12H12O2. The fraction of sp³-hybridized carbons (Fsp3) is 0.167. The Hall–Kier alpha value is -1.54. The summed E-state index contributed by atoms with van der Waals surface area (Å²) in [7, 11) is 0. The lowest BCUT2D eigenvalue weighted by molar-refractivity contribution is -0.0827. The zero-order valence-electron chi connectivity index (χ0n) is 7.80. The lowest BCUT2D eigenvalue weighted by Crippen LogP contribution is -2.12. The quantitative estimate of drug-likeness (QED) is 0.726. The minimum atomic E-state index is -0.250. The molecule has 2 nitrogen and oxygen atoms in total. The van der Waals surface area contributed by atoms with E-state index in [2.05, 4.69) is 0 Å². The third kappa shape index (κ3) is 2.47. The highest BCUT2D eigenvalue weighted by Crippen LogP contribution is 2.08. The predicted molar refractivity (Wildman–Crippen MR) is 54.4 cm³/mol. The molecule has 0 saturated carbocycles. The molecule has 0 aliphatic carbocycles. The van der Waals surface area contributed by atoms with Gasteiger partial charge >= 0.3 is 0 Å². The van der Waals surface area contributed by atoms with Crippen molar-refractivity contribution in [3.8, 4) is 0 Å². The van der Waals surface area contributed by atoms with Crippen LogP contribution in [0.25, 0.3) is 0 Å². The largest absolute Gasteiger partial charge is 0.469 e. The van der Waals surface area contributed by atoms with Crippen LogP contribution in [0.3, 0.4) is 0 Å². The van der Waals surface area contributed by atoms with Gasteiger partial charge in [-0.1, -0.05) is 36.4 Å². The molecule has 1 aliphatic heterocycles. The predicted octanol–water partition coefficient (Wildman–Crippen LogP) is 2.63. The molecule has 0 saturated heterocycles. The second kappa shape index (κ2) is 4.63. The van der Waals surface area contributed by atoms with Gasteiger partial charge in [0.15, 0.2) is 0 Å². The average Bonchev–Trinajstić information content (AvgIpc) is 2.29. The van der Waals surface area contributed by atoms with Crippen molar-refractivity contribution in [2.75, 3.05) is 0 Å². The van der Waals surface area contributed by atoms with E-state index in [0.29, 0.717) is 6.61 Å². The molecule has 1 aromatic rings. The summed E-state index contributed by atoms with van der Waals surface area (Å²) >= 11 is 0. The molecule has 0 unspecified atom stereocenters. The van der Waals surface area contributed by atoms with Crippen molar-refractivity contribution in [1.29, 1.82) is 0 Å². The van der Waals surface area contributed by atoms with Gasteiger partial charge in [0, 0.05) is 0 Å². The molecule has 0 radical (unpaired) electrons. The molecule has 0 bridgehead atoms. The monoisotopic (exact) mass is 188 g/mol. The first-order valence-electron chi connectivity index (χ1n) is 4.59. The minimum absolute atomic E-state index is 0.250. The molecule has 72 valence electrons. The molecule has 0 N–H and O–H groups in total. The molecule has 0 spiro atoms. The van der Waals surface area contributed by atoms with Gasteiger partial charge in [-0.15, -0.1) is 0 Å². The second-order valence-electron chi connectivity index (χ2n) is 3.01. The maximum absolute atomic E-state index is 5.51. The normalized spacial score (nSPS) is 19.3. The fourth-order valence-electron chi connectivity index (χ4n) is 1.22. The van der Waals surface area contributed by atoms with Crippen molar-refractivity contribution in [3.63, 3.8) is 0 Å². The van der Waals surface area contributed by atoms with Crippen LogP contribution in [0, 0.1) is 0 Å². The molecule has 0 amide bonds. The van der Waals surface area contributed by atoms with Crippen LogP contribution in [0.4, 0.5) is 0 Å².